The lowest BCUT2D eigenvalue weighted by Crippen LogP contribution is -2.40. The Balaban J connectivity index is 1.51. The number of rotatable bonds is 5. The molecule has 0 spiro atoms. The molecular formula is C28H24FN3O. The van der Waals surface area contributed by atoms with Gasteiger partial charge in [-0.3, -0.25) is 9.79 Å². The summed E-state index contributed by atoms with van der Waals surface area (Å²) in [5.41, 5.74) is 4.66. The van der Waals surface area contributed by atoms with Crippen molar-refractivity contribution in [3.63, 3.8) is 0 Å². The maximum atomic E-state index is 14.9. The second-order valence-corrected chi connectivity index (χ2v) is 8.95. The molecule has 2 aliphatic rings. The standard InChI is InChI=1S/C28H24FN3O/c29-23-10-4-1-8-21(23)27-22-9-3-6-12-26(22)32(17-18-13-14-18)28(33)25(31-27)15-19-16-30-24-11-5-2-7-20(19)24/h1-12,16,18,25,30H,13-15,17H2. The molecule has 4 nitrogen and oxygen atoms in total. The number of hydrogen-bond acceptors (Lipinski definition) is 2. The number of para-hydroxylation sites is 2. The zero-order valence-electron chi connectivity index (χ0n) is 18.2. The van der Waals surface area contributed by atoms with E-state index in [9.17, 15) is 9.18 Å². The number of aromatic nitrogens is 1. The van der Waals surface area contributed by atoms with Crippen LogP contribution in [0.2, 0.25) is 0 Å². The number of hydrogen-bond donors (Lipinski definition) is 1. The summed E-state index contributed by atoms with van der Waals surface area (Å²) in [6.45, 7) is 0.681. The highest BCUT2D eigenvalue weighted by Gasteiger charge is 2.36. The number of aliphatic imine (C=N–C) groups is 1. The molecule has 1 unspecified atom stereocenters. The Morgan fingerprint density at radius 2 is 1.67 bits per heavy atom. The molecule has 0 radical (unpaired) electrons. The highest BCUT2D eigenvalue weighted by Crippen LogP contribution is 2.36. The molecule has 4 aromatic rings. The summed E-state index contributed by atoms with van der Waals surface area (Å²) in [6, 6.07) is 21.9. The van der Waals surface area contributed by atoms with Crippen molar-refractivity contribution in [2.24, 2.45) is 10.9 Å². The quantitative estimate of drug-likeness (QED) is 0.440. The van der Waals surface area contributed by atoms with E-state index in [1.807, 2.05) is 59.6 Å². The van der Waals surface area contributed by atoms with Gasteiger partial charge in [-0.05, 0) is 48.6 Å². The molecule has 0 saturated heterocycles. The van der Waals surface area contributed by atoms with Gasteiger partial charge in [0.15, 0.2) is 0 Å². The van der Waals surface area contributed by atoms with Gasteiger partial charge in [0, 0.05) is 41.2 Å². The molecule has 164 valence electrons. The van der Waals surface area contributed by atoms with E-state index >= 15 is 0 Å². The Morgan fingerprint density at radius 3 is 2.48 bits per heavy atom. The van der Waals surface area contributed by atoms with Gasteiger partial charge in [0.2, 0.25) is 0 Å². The fraction of sp³-hybridized carbons (Fsp3) is 0.214. The Hall–Kier alpha value is -3.73. The number of benzodiazepines with no additional fused rings is 1. The van der Waals surface area contributed by atoms with Crippen molar-refractivity contribution in [1.29, 1.82) is 0 Å². The average molecular weight is 438 g/mol. The summed E-state index contributed by atoms with van der Waals surface area (Å²) in [5.74, 6) is 0.164. The van der Waals surface area contributed by atoms with Crippen LogP contribution in [0.15, 0.2) is 84.0 Å². The molecule has 1 amide bonds. The van der Waals surface area contributed by atoms with E-state index in [2.05, 4.69) is 11.1 Å². The van der Waals surface area contributed by atoms with E-state index in [0.717, 1.165) is 40.6 Å². The van der Waals surface area contributed by atoms with Crippen LogP contribution in [0.4, 0.5) is 10.1 Å². The molecule has 33 heavy (non-hydrogen) atoms. The maximum Gasteiger partial charge on any atom is 0.252 e. The minimum atomic E-state index is -0.634. The third-order valence-electron chi connectivity index (χ3n) is 6.64. The first-order chi connectivity index (χ1) is 16.2. The SMILES string of the molecule is O=C1C(Cc2c[nH]c3ccccc23)N=C(c2ccccc2F)c2ccccc2N1CC1CC1. The van der Waals surface area contributed by atoms with Crippen molar-refractivity contribution in [3.05, 3.63) is 102 Å². The first-order valence-corrected chi connectivity index (χ1v) is 11.5. The highest BCUT2D eigenvalue weighted by atomic mass is 19.1. The second-order valence-electron chi connectivity index (χ2n) is 8.95. The second kappa shape index (κ2) is 8.00. The lowest BCUT2D eigenvalue weighted by atomic mass is 9.99. The van der Waals surface area contributed by atoms with E-state index in [0.29, 0.717) is 30.2 Å². The normalized spacial score (nSPS) is 18.2. The number of nitrogens with zero attached hydrogens (tertiary/aromatic N) is 2. The van der Waals surface area contributed by atoms with Gasteiger partial charge in [-0.1, -0.05) is 48.5 Å². The van der Waals surface area contributed by atoms with E-state index in [1.165, 1.54) is 6.07 Å². The molecule has 1 N–H and O–H groups in total. The Kier molecular flexibility index (Phi) is 4.83. The summed E-state index contributed by atoms with van der Waals surface area (Å²) in [7, 11) is 0. The minimum absolute atomic E-state index is 0.0222. The molecule has 1 atom stereocenters. The van der Waals surface area contributed by atoms with Crippen molar-refractivity contribution < 1.29 is 9.18 Å². The zero-order chi connectivity index (χ0) is 22.4. The summed E-state index contributed by atoms with van der Waals surface area (Å²) >= 11 is 0. The van der Waals surface area contributed by atoms with Crippen molar-refractivity contribution in [3.8, 4) is 0 Å². The number of anilines is 1. The molecule has 3 aromatic carbocycles. The number of H-pyrrole nitrogens is 1. The fourth-order valence-corrected chi connectivity index (χ4v) is 4.75. The minimum Gasteiger partial charge on any atom is -0.361 e. The van der Waals surface area contributed by atoms with Crippen LogP contribution < -0.4 is 4.90 Å². The topological polar surface area (TPSA) is 48.5 Å². The van der Waals surface area contributed by atoms with Crippen LogP contribution in [0.25, 0.3) is 10.9 Å². The summed E-state index contributed by atoms with van der Waals surface area (Å²) in [4.78, 5) is 24.1. The van der Waals surface area contributed by atoms with Crippen molar-refractivity contribution in [2.45, 2.75) is 25.3 Å². The lowest BCUT2D eigenvalue weighted by Gasteiger charge is -2.25. The predicted octanol–water partition coefficient (Wildman–Crippen LogP) is 5.51. The molecule has 6 rings (SSSR count). The van der Waals surface area contributed by atoms with Crippen LogP contribution in [-0.4, -0.2) is 29.2 Å². The summed E-state index contributed by atoms with van der Waals surface area (Å²) in [5, 5.41) is 1.09. The zero-order valence-corrected chi connectivity index (χ0v) is 18.2. The smallest absolute Gasteiger partial charge is 0.252 e. The molecule has 1 saturated carbocycles. The van der Waals surface area contributed by atoms with Crippen LogP contribution >= 0.6 is 0 Å². The van der Waals surface area contributed by atoms with Gasteiger partial charge < -0.3 is 9.88 Å². The molecule has 1 aromatic heterocycles. The molecule has 1 fully saturated rings. The van der Waals surface area contributed by atoms with Crippen molar-refractivity contribution >= 4 is 28.2 Å². The largest absolute Gasteiger partial charge is 0.361 e. The van der Waals surface area contributed by atoms with Gasteiger partial charge in [-0.25, -0.2) is 4.39 Å². The molecule has 1 aliphatic heterocycles. The third kappa shape index (κ3) is 3.63. The predicted molar refractivity (Wildman–Crippen MR) is 129 cm³/mol. The number of amides is 1. The van der Waals surface area contributed by atoms with Gasteiger partial charge in [0.1, 0.15) is 11.9 Å². The maximum absolute atomic E-state index is 14.9. The molecular weight excluding hydrogens is 413 g/mol. The Labute approximate surface area is 191 Å². The summed E-state index contributed by atoms with van der Waals surface area (Å²) < 4.78 is 14.9. The summed E-state index contributed by atoms with van der Waals surface area (Å²) in [6.07, 6.45) is 4.69. The van der Waals surface area contributed by atoms with Gasteiger partial charge in [0.25, 0.3) is 5.91 Å². The van der Waals surface area contributed by atoms with Crippen molar-refractivity contribution in [1.82, 2.24) is 4.98 Å². The number of carbonyl (C=O) groups excluding carboxylic acids is 1. The molecule has 0 bridgehead atoms. The number of fused-ring (bicyclic) bond motifs is 2. The third-order valence-corrected chi connectivity index (χ3v) is 6.64. The monoisotopic (exact) mass is 437 g/mol. The van der Waals surface area contributed by atoms with E-state index in [-0.39, 0.29) is 11.7 Å². The van der Waals surface area contributed by atoms with E-state index < -0.39 is 6.04 Å². The van der Waals surface area contributed by atoms with E-state index in [4.69, 9.17) is 4.99 Å². The van der Waals surface area contributed by atoms with Gasteiger partial charge in [-0.15, -0.1) is 0 Å². The first-order valence-electron chi connectivity index (χ1n) is 11.5. The van der Waals surface area contributed by atoms with Crippen LogP contribution in [-0.2, 0) is 11.2 Å². The Morgan fingerprint density at radius 1 is 0.939 bits per heavy atom. The number of nitrogens with one attached hydrogen (secondary N) is 1. The van der Waals surface area contributed by atoms with Crippen LogP contribution in [0, 0.1) is 11.7 Å². The van der Waals surface area contributed by atoms with Crippen LogP contribution in [0.3, 0.4) is 0 Å². The number of benzene rings is 3. The number of halogens is 1. The van der Waals surface area contributed by atoms with Gasteiger partial charge in [-0.2, -0.15) is 0 Å². The first kappa shape index (κ1) is 19.9. The highest BCUT2D eigenvalue weighted by molar-refractivity contribution is 6.20. The Bertz CT molecular complexity index is 1380. The number of carbonyl (C=O) groups is 1. The van der Waals surface area contributed by atoms with Gasteiger partial charge in [0.05, 0.1) is 11.4 Å². The average Bonchev–Trinajstić information content (AvgIpc) is 3.60. The van der Waals surface area contributed by atoms with Crippen LogP contribution in [0.5, 0.6) is 0 Å². The molecule has 2 heterocycles. The van der Waals surface area contributed by atoms with E-state index in [1.54, 1.807) is 12.1 Å². The van der Waals surface area contributed by atoms with Gasteiger partial charge >= 0.3 is 0 Å². The number of aromatic amines is 1. The van der Waals surface area contributed by atoms with Crippen LogP contribution in [0.1, 0.15) is 29.5 Å². The van der Waals surface area contributed by atoms with Crippen molar-refractivity contribution in [2.75, 3.05) is 11.4 Å². The molecule has 1 aliphatic carbocycles. The fourth-order valence-electron chi connectivity index (χ4n) is 4.75. The molecule has 5 heteroatoms. The lowest BCUT2D eigenvalue weighted by molar-refractivity contribution is -0.119.